The molecule has 2 aliphatic carbocycles. The molecule has 0 spiro atoms. The molecule has 1 aliphatic heterocycles. The van der Waals surface area contributed by atoms with Gasteiger partial charge in [-0.25, -0.2) is 0 Å². The van der Waals surface area contributed by atoms with Crippen molar-refractivity contribution in [1.29, 1.82) is 0 Å². The second-order valence-electron chi connectivity index (χ2n) is 9.53. The molecule has 12 N–H and O–H groups in total. The predicted octanol–water partition coefficient (Wildman–Crippen LogP) is -6.51. The van der Waals surface area contributed by atoms with Gasteiger partial charge in [0.2, 0.25) is 0 Å². The highest BCUT2D eigenvalue weighted by Gasteiger charge is 2.53. The quantitative estimate of drug-likeness (QED) is 0.142. The van der Waals surface area contributed by atoms with Crippen LogP contribution in [0.4, 0.5) is 0 Å². The lowest BCUT2D eigenvalue weighted by atomic mass is 9.76. The smallest absolute Gasteiger partial charge is 0.184 e. The van der Waals surface area contributed by atoms with Gasteiger partial charge in [-0.05, 0) is 5.57 Å². The normalized spacial score (nSPS) is 51.2. The Morgan fingerprint density at radius 1 is 0.800 bits per heavy atom. The van der Waals surface area contributed by atoms with Crippen molar-refractivity contribution in [2.45, 2.75) is 86.3 Å². The molecule has 14 nitrogen and oxygen atoms in total. The van der Waals surface area contributed by atoms with E-state index in [9.17, 15) is 56.2 Å². The minimum Gasteiger partial charge on any atom is -0.396 e. The third kappa shape index (κ3) is 5.42. The number of hydrogen-bond donors (Lipinski definition) is 12. The zero-order chi connectivity index (χ0) is 26.2. The summed E-state index contributed by atoms with van der Waals surface area (Å²) in [6, 6.07) is -2.51. The van der Waals surface area contributed by atoms with Gasteiger partial charge in [-0.1, -0.05) is 13.0 Å². The lowest BCUT2D eigenvalue weighted by Crippen LogP contribution is -2.70. The summed E-state index contributed by atoms with van der Waals surface area (Å²) in [6.07, 6.45) is -15.2. The first-order valence-electron chi connectivity index (χ1n) is 11.5. The summed E-state index contributed by atoms with van der Waals surface area (Å²) in [5.74, 6) is -2.01. The van der Waals surface area contributed by atoms with Gasteiger partial charge in [0.15, 0.2) is 6.29 Å². The Hall–Kier alpha value is -0.820. The van der Waals surface area contributed by atoms with Crippen molar-refractivity contribution >= 4 is 0 Å². The molecule has 0 aromatic heterocycles. The molecule has 0 radical (unpaired) electrons. The van der Waals surface area contributed by atoms with Crippen molar-refractivity contribution in [2.75, 3.05) is 19.8 Å². The molecule has 14 heteroatoms. The minimum atomic E-state index is -1.74. The van der Waals surface area contributed by atoms with Gasteiger partial charge in [0, 0.05) is 11.8 Å². The zero-order valence-electron chi connectivity index (χ0n) is 19.1. The Labute approximate surface area is 201 Å². The third-order valence-electron chi connectivity index (χ3n) is 7.39. The maximum Gasteiger partial charge on any atom is 0.184 e. The molecule has 0 bridgehead atoms. The summed E-state index contributed by atoms with van der Waals surface area (Å²) in [5.41, 5.74) is -0.00117. The molecule has 0 aromatic carbocycles. The van der Waals surface area contributed by atoms with Crippen LogP contribution in [0.5, 0.6) is 0 Å². The van der Waals surface area contributed by atoms with Crippen LogP contribution in [0.2, 0.25) is 0 Å². The molecule has 1 saturated heterocycles. The molecular formula is C21H37NO13. The highest BCUT2D eigenvalue weighted by atomic mass is 16.7. The first-order valence-corrected chi connectivity index (χ1v) is 11.5. The summed E-state index contributed by atoms with van der Waals surface area (Å²) in [6.45, 7) is -0.442. The Kier molecular flexibility index (Phi) is 9.61. The van der Waals surface area contributed by atoms with Crippen LogP contribution in [0, 0.1) is 11.8 Å². The van der Waals surface area contributed by atoms with Crippen LogP contribution >= 0.6 is 0 Å². The van der Waals surface area contributed by atoms with E-state index in [-0.39, 0.29) is 5.57 Å². The molecule has 3 aliphatic rings. The number of ether oxygens (including phenoxy) is 2. The lowest BCUT2D eigenvalue weighted by Gasteiger charge is -2.49. The van der Waals surface area contributed by atoms with Crippen molar-refractivity contribution < 1.29 is 65.6 Å². The maximum atomic E-state index is 10.9. The molecular weight excluding hydrogens is 474 g/mol. The number of aliphatic hydroxyl groups is 11. The fourth-order valence-corrected chi connectivity index (χ4v) is 5.01. The Morgan fingerprint density at radius 3 is 2.03 bits per heavy atom. The molecule has 15 atom stereocenters. The molecule has 1 saturated carbocycles. The Balaban J connectivity index is 1.79. The van der Waals surface area contributed by atoms with Crippen LogP contribution in [0.1, 0.15) is 6.92 Å². The van der Waals surface area contributed by atoms with E-state index in [1.165, 1.54) is 13.0 Å². The van der Waals surface area contributed by atoms with Crippen LogP contribution in [0.25, 0.3) is 0 Å². The molecule has 2 fully saturated rings. The second-order valence-corrected chi connectivity index (χ2v) is 9.53. The fourth-order valence-electron chi connectivity index (χ4n) is 5.01. The summed E-state index contributed by atoms with van der Waals surface area (Å²) in [5, 5.41) is 115. The van der Waals surface area contributed by atoms with Crippen molar-refractivity contribution in [3.63, 3.8) is 0 Å². The summed E-state index contributed by atoms with van der Waals surface area (Å²) < 4.78 is 11.1. The van der Waals surface area contributed by atoms with Gasteiger partial charge in [-0.15, -0.1) is 0 Å². The van der Waals surface area contributed by atoms with E-state index >= 15 is 0 Å². The van der Waals surface area contributed by atoms with E-state index < -0.39 is 111 Å². The number of hydrogen-bond acceptors (Lipinski definition) is 14. The van der Waals surface area contributed by atoms with Crippen molar-refractivity contribution in [3.05, 3.63) is 11.6 Å². The molecule has 8 unspecified atom stereocenters. The van der Waals surface area contributed by atoms with Crippen LogP contribution in [0.15, 0.2) is 11.6 Å². The molecule has 1 heterocycles. The van der Waals surface area contributed by atoms with E-state index in [1.807, 2.05) is 0 Å². The molecule has 0 amide bonds. The zero-order valence-corrected chi connectivity index (χ0v) is 19.1. The maximum absolute atomic E-state index is 10.9. The monoisotopic (exact) mass is 511 g/mol. The molecule has 0 aromatic rings. The van der Waals surface area contributed by atoms with Gasteiger partial charge < -0.3 is 71.0 Å². The number of rotatable bonds is 7. The van der Waals surface area contributed by atoms with Gasteiger partial charge in [0.1, 0.15) is 42.7 Å². The van der Waals surface area contributed by atoms with Crippen molar-refractivity contribution in [2.24, 2.45) is 11.8 Å². The number of aliphatic hydroxyl groups excluding tert-OH is 11. The van der Waals surface area contributed by atoms with Gasteiger partial charge in [-0.2, -0.15) is 0 Å². The Morgan fingerprint density at radius 2 is 1.46 bits per heavy atom. The highest BCUT2D eigenvalue weighted by Crippen LogP contribution is 2.34. The standard InChI is InChI=1S/C21H37NO13/c1-6-12(26)10(5-25)34-21(13(6)27)35-20-8(4-24)15(29)11(17(31)19(20)33)22-9-2-7(3-23)14(28)18(32)16(9)30/h2,6,8-33H,3-5H2,1H3/t6-,8?,9-,10+,11-,12?,13?,14?,15?,16?,17-,18-,19?,20+,21?/m0/s1. The largest absolute Gasteiger partial charge is 0.396 e. The molecule has 204 valence electrons. The fraction of sp³-hybridized carbons (Fsp3) is 0.905. The van der Waals surface area contributed by atoms with Gasteiger partial charge >= 0.3 is 0 Å². The van der Waals surface area contributed by atoms with Gasteiger partial charge in [-0.3, -0.25) is 0 Å². The van der Waals surface area contributed by atoms with Gasteiger partial charge in [0.05, 0.1) is 50.2 Å². The van der Waals surface area contributed by atoms with Crippen molar-refractivity contribution in [3.8, 4) is 0 Å². The van der Waals surface area contributed by atoms with Gasteiger partial charge in [0.25, 0.3) is 0 Å². The van der Waals surface area contributed by atoms with E-state index in [4.69, 9.17) is 9.47 Å². The minimum absolute atomic E-state index is 0.00117. The lowest BCUT2D eigenvalue weighted by molar-refractivity contribution is -0.324. The average molecular weight is 512 g/mol. The summed E-state index contributed by atoms with van der Waals surface area (Å²) in [4.78, 5) is 0. The van der Waals surface area contributed by atoms with Crippen LogP contribution in [-0.2, 0) is 9.47 Å². The van der Waals surface area contributed by atoms with E-state index in [0.29, 0.717) is 0 Å². The van der Waals surface area contributed by atoms with E-state index in [1.54, 1.807) is 0 Å². The van der Waals surface area contributed by atoms with Crippen LogP contribution in [-0.4, -0.2) is 155 Å². The number of nitrogens with one attached hydrogen (secondary N) is 1. The summed E-state index contributed by atoms with van der Waals surface area (Å²) in [7, 11) is 0. The third-order valence-corrected chi connectivity index (χ3v) is 7.39. The van der Waals surface area contributed by atoms with E-state index in [0.717, 1.165) is 0 Å². The highest BCUT2D eigenvalue weighted by molar-refractivity contribution is 5.22. The molecule has 3 rings (SSSR count). The molecule has 35 heavy (non-hydrogen) atoms. The SMILES string of the molecule is C[C@@H]1C(O)C(O[C@@H]2C(CO)C(O)[C@H](N[C@H]3C=C(CO)C(O)[C@H](O)C3O)[C@H](O)C2O)O[C@H](CO)C1O. The Bertz CT molecular complexity index is 725. The summed E-state index contributed by atoms with van der Waals surface area (Å²) >= 11 is 0. The second kappa shape index (κ2) is 11.7. The predicted molar refractivity (Wildman–Crippen MR) is 114 cm³/mol. The van der Waals surface area contributed by atoms with E-state index in [2.05, 4.69) is 5.32 Å². The van der Waals surface area contributed by atoms with Crippen LogP contribution in [0.3, 0.4) is 0 Å². The first-order chi connectivity index (χ1) is 16.5. The van der Waals surface area contributed by atoms with Crippen LogP contribution < -0.4 is 5.32 Å². The topological polar surface area (TPSA) is 253 Å². The van der Waals surface area contributed by atoms with Crippen molar-refractivity contribution in [1.82, 2.24) is 5.32 Å². The first kappa shape index (κ1) is 28.7. The average Bonchev–Trinajstić information content (AvgIpc) is 2.85.